The first-order valence-electron chi connectivity index (χ1n) is 8.87. The molecule has 2 aromatic carbocycles. The van der Waals surface area contributed by atoms with Crippen molar-refractivity contribution in [3.63, 3.8) is 0 Å². The van der Waals surface area contributed by atoms with E-state index >= 15 is 0 Å². The Kier molecular flexibility index (Phi) is 5.67. The summed E-state index contributed by atoms with van der Waals surface area (Å²) in [5, 5.41) is 3.75. The molecule has 7 heteroatoms. The average molecular weight is 414 g/mol. The highest BCUT2D eigenvalue weighted by Crippen LogP contribution is 2.33. The fraction of sp³-hybridized carbons (Fsp3) is 0.238. The van der Waals surface area contributed by atoms with E-state index in [1.807, 2.05) is 37.3 Å². The van der Waals surface area contributed by atoms with Gasteiger partial charge < -0.3 is 5.32 Å². The SMILES string of the molecule is Cc1nc(NC(=NS(=O)(=O)c2ccccc2)c2ccccc2)sc1C(C)(C)C. The molecule has 3 aromatic rings. The third-order valence-corrected chi connectivity index (χ3v) is 6.79. The van der Waals surface area contributed by atoms with Crippen molar-refractivity contribution in [2.75, 3.05) is 5.32 Å². The van der Waals surface area contributed by atoms with Gasteiger partial charge in [0.25, 0.3) is 10.0 Å². The molecule has 0 unspecified atom stereocenters. The number of benzene rings is 2. The zero-order chi connectivity index (χ0) is 20.4. The van der Waals surface area contributed by atoms with Crippen LogP contribution >= 0.6 is 11.3 Å². The van der Waals surface area contributed by atoms with Crippen LogP contribution in [0.1, 0.15) is 36.9 Å². The Labute approximate surface area is 170 Å². The number of nitrogens with zero attached hydrogens (tertiary/aromatic N) is 2. The highest BCUT2D eigenvalue weighted by molar-refractivity contribution is 7.90. The zero-order valence-electron chi connectivity index (χ0n) is 16.3. The maximum atomic E-state index is 12.8. The van der Waals surface area contributed by atoms with Crippen LogP contribution < -0.4 is 5.32 Å². The molecule has 1 N–H and O–H groups in total. The van der Waals surface area contributed by atoms with E-state index in [4.69, 9.17) is 0 Å². The molecule has 3 rings (SSSR count). The molecule has 146 valence electrons. The van der Waals surface area contributed by atoms with E-state index in [9.17, 15) is 8.42 Å². The topological polar surface area (TPSA) is 71.4 Å². The van der Waals surface area contributed by atoms with E-state index in [2.05, 4.69) is 35.5 Å². The molecule has 0 bridgehead atoms. The fourth-order valence-corrected chi connectivity index (χ4v) is 4.78. The normalized spacial score (nSPS) is 12.8. The third kappa shape index (κ3) is 4.66. The van der Waals surface area contributed by atoms with Gasteiger partial charge in [0, 0.05) is 10.4 Å². The Morgan fingerprint density at radius 1 is 1.00 bits per heavy atom. The molecule has 0 spiro atoms. The quantitative estimate of drug-likeness (QED) is 0.483. The van der Waals surface area contributed by atoms with Gasteiger partial charge in [-0.25, -0.2) is 4.98 Å². The molecule has 5 nitrogen and oxygen atoms in total. The van der Waals surface area contributed by atoms with Crippen molar-refractivity contribution in [1.29, 1.82) is 0 Å². The highest BCUT2D eigenvalue weighted by atomic mass is 32.2. The highest BCUT2D eigenvalue weighted by Gasteiger charge is 2.22. The molecule has 0 atom stereocenters. The summed E-state index contributed by atoms with van der Waals surface area (Å²) in [4.78, 5) is 5.87. The van der Waals surface area contributed by atoms with Crippen LogP contribution in [-0.2, 0) is 15.4 Å². The molecule has 0 saturated carbocycles. The molecule has 0 amide bonds. The van der Waals surface area contributed by atoms with Crippen LogP contribution in [-0.4, -0.2) is 19.2 Å². The molecule has 0 fully saturated rings. The Hall–Kier alpha value is -2.51. The van der Waals surface area contributed by atoms with E-state index < -0.39 is 10.0 Å². The molecule has 0 radical (unpaired) electrons. The minimum absolute atomic E-state index is 0.0398. The molecule has 1 aromatic heterocycles. The Bertz CT molecular complexity index is 1080. The largest absolute Gasteiger partial charge is 0.315 e. The van der Waals surface area contributed by atoms with Gasteiger partial charge in [0.1, 0.15) is 0 Å². The van der Waals surface area contributed by atoms with Gasteiger partial charge in [0.05, 0.1) is 10.6 Å². The second-order valence-electron chi connectivity index (χ2n) is 7.40. The van der Waals surface area contributed by atoms with Crippen LogP contribution in [0.3, 0.4) is 0 Å². The van der Waals surface area contributed by atoms with Crippen molar-refractivity contribution in [2.24, 2.45) is 4.40 Å². The number of hydrogen-bond donors (Lipinski definition) is 1. The summed E-state index contributed by atoms with van der Waals surface area (Å²) in [6.07, 6.45) is 0. The zero-order valence-corrected chi connectivity index (χ0v) is 17.9. The third-order valence-electron chi connectivity index (χ3n) is 4.00. The van der Waals surface area contributed by atoms with E-state index in [1.165, 1.54) is 23.5 Å². The first-order valence-corrected chi connectivity index (χ1v) is 11.1. The Morgan fingerprint density at radius 3 is 2.11 bits per heavy atom. The van der Waals surface area contributed by atoms with Crippen molar-refractivity contribution < 1.29 is 8.42 Å². The van der Waals surface area contributed by atoms with Gasteiger partial charge >= 0.3 is 0 Å². The molecular weight excluding hydrogens is 390 g/mol. The van der Waals surface area contributed by atoms with Gasteiger partial charge in [-0.1, -0.05) is 69.3 Å². The van der Waals surface area contributed by atoms with E-state index in [0.717, 1.165) is 10.6 Å². The van der Waals surface area contributed by atoms with E-state index in [0.29, 0.717) is 10.7 Å². The van der Waals surface area contributed by atoms with Crippen molar-refractivity contribution in [1.82, 2.24) is 4.98 Å². The fourth-order valence-electron chi connectivity index (χ4n) is 2.76. The lowest BCUT2D eigenvalue weighted by Gasteiger charge is -2.16. The molecule has 28 heavy (non-hydrogen) atoms. The van der Waals surface area contributed by atoms with E-state index in [-0.39, 0.29) is 16.1 Å². The molecule has 0 saturated heterocycles. The summed E-state index contributed by atoms with van der Waals surface area (Å²) >= 11 is 1.51. The number of hydrogen-bond acceptors (Lipinski definition) is 4. The van der Waals surface area contributed by atoms with Crippen molar-refractivity contribution in [2.45, 2.75) is 38.0 Å². The first kappa shape index (κ1) is 20.2. The molecule has 1 heterocycles. The predicted molar refractivity (Wildman–Crippen MR) is 116 cm³/mol. The minimum Gasteiger partial charge on any atom is -0.315 e. The van der Waals surface area contributed by atoms with Crippen LogP contribution in [0.2, 0.25) is 0 Å². The van der Waals surface area contributed by atoms with Gasteiger partial charge in [-0.05, 0) is 24.5 Å². The summed E-state index contributed by atoms with van der Waals surface area (Å²) in [7, 11) is -3.86. The van der Waals surface area contributed by atoms with Crippen molar-refractivity contribution >= 4 is 32.3 Å². The summed E-state index contributed by atoms with van der Waals surface area (Å²) in [5.74, 6) is 0.249. The molecular formula is C21H23N3O2S2. The molecule has 0 aliphatic rings. The lowest BCUT2D eigenvalue weighted by molar-refractivity contribution is 0.597. The second kappa shape index (κ2) is 7.85. The number of aryl methyl sites for hydroxylation is 1. The minimum atomic E-state index is -3.86. The summed E-state index contributed by atoms with van der Waals surface area (Å²) < 4.78 is 29.7. The maximum Gasteiger partial charge on any atom is 0.284 e. The van der Waals surface area contributed by atoms with Crippen LogP contribution in [0.15, 0.2) is 70.0 Å². The smallest absolute Gasteiger partial charge is 0.284 e. The number of thiazole rings is 1. The summed E-state index contributed by atoms with van der Waals surface area (Å²) in [6.45, 7) is 8.35. The maximum absolute atomic E-state index is 12.8. The first-order chi connectivity index (χ1) is 13.2. The predicted octanol–water partition coefficient (Wildman–Crippen LogP) is 5.00. The monoisotopic (exact) mass is 413 g/mol. The van der Waals surface area contributed by atoms with E-state index in [1.54, 1.807) is 18.2 Å². The van der Waals surface area contributed by atoms with Crippen molar-refractivity contribution in [3.8, 4) is 0 Å². The Balaban J connectivity index is 2.05. The number of anilines is 1. The standard InChI is InChI=1S/C21H23N3O2S2/c1-15-18(21(2,3)4)27-20(22-15)23-19(16-11-7-5-8-12-16)24-28(25,26)17-13-9-6-10-14-17/h5-14H,1-4H3,(H,22,23,24). The lowest BCUT2D eigenvalue weighted by Crippen LogP contribution is -2.16. The lowest BCUT2D eigenvalue weighted by atomic mass is 9.94. The molecule has 0 aliphatic heterocycles. The number of nitrogens with one attached hydrogen (secondary N) is 1. The summed E-state index contributed by atoms with van der Waals surface area (Å²) in [6, 6.07) is 17.4. The van der Waals surface area contributed by atoms with Gasteiger partial charge in [-0.3, -0.25) is 0 Å². The number of sulfonamides is 1. The molecule has 0 aliphatic carbocycles. The van der Waals surface area contributed by atoms with Gasteiger partial charge in [-0.2, -0.15) is 8.42 Å². The Morgan fingerprint density at radius 2 is 1.57 bits per heavy atom. The number of aromatic nitrogens is 1. The van der Waals surface area contributed by atoms with Crippen LogP contribution in [0.4, 0.5) is 5.13 Å². The van der Waals surface area contributed by atoms with Crippen LogP contribution in [0, 0.1) is 6.92 Å². The number of rotatable bonds is 4. The summed E-state index contributed by atoms with van der Waals surface area (Å²) in [5.41, 5.74) is 1.56. The van der Waals surface area contributed by atoms with Gasteiger partial charge in [-0.15, -0.1) is 15.7 Å². The van der Waals surface area contributed by atoms with Crippen LogP contribution in [0.5, 0.6) is 0 Å². The average Bonchev–Trinajstić information content (AvgIpc) is 3.03. The van der Waals surface area contributed by atoms with Crippen molar-refractivity contribution in [3.05, 3.63) is 76.8 Å². The van der Waals surface area contributed by atoms with Crippen LogP contribution in [0.25, 0.3) is 0 Å². The second-order valence-corrected chi connectivity index (χ2v) is 10.0. The number of amidine groups is 1. The van der Waals surface area contributed by atoms with Gasteiger partial charge in [0.15, 0.2) is 11.0 Å². The van der Waals surface area contributed by atoms with Gasteiger partial charge in [0.2, 0.25) is 0 Å².